The van der Waals surface area contributed by atoms with Crippen molar-refractivity contribution in [1.29, 1.82) is 0 Å². The van der Waals surface area contributed by atoms with E-state index in [2.05, 4.69) is 5.32 Å². The molecule has 3 rings (SSSR count). The van der Waals surface area contributed by atoms with Crippen LogP contribution in [0, 0.1) is 13.8 Å². The second-order valence-electron chi connectivity index (χ2n) is 6.18. The third-order valence-electron chi connectivity index (χ3n) is 4.56. The Morgan fingerprint density at radius 3 is 2.72 bits per heavy atom. The van der Waals surface area contributed by atoms with Crippen molar-refractivity contribution < 1.29 is 14.0 Å². The first-order valence-corrected chi connectivity index (χ1v) is 9.45. The molecule has 1 fully saturated rings. The zero-order chi connectivity index (χ0) is 18.1. The third-order valence-corrected chi connectivity index (χ3v) is 5.21. The highest BCUT2D eigenvalue weighted by atomic mass is 32.2. The van der Waals surface area contributed by atoms with Crippen LogP contribution >= 0.6 is 11.8 Å². The van der Waals surface area contributed by atoms with Crippen LogP contribution in [0.4, 0.5) is 4.79 Å². The maximum absolute atomic E-state index is 12.5. The Balaban J connectivity index is 1.96. The first-order valence-electron chi connectivity index (χ1n) is 8.06. The fraction of sp³-hybridized carbons (Fsp3) is 0.389. The minimum atomic E-state index is -0.490. The van der Waals surface area contributed by atoms with Crippen molar-refractivity contribution in [2.24, 2.45) is 0 Å². The molecule has 1 aliphatic rings. The van der Waals surface area contributed by atoms with Crippen LogP contribution in [0.15, 0.2) is 27.4 Å². The number of fused-ring (bicyclic) bond motifs is 1. The van der Waals surface area contributed by atoms with E-state index < -0.39 is 17.7 Å². The van der Waals surface area contributed by atoms with Crippen molar-refractivity contribution in [1.82, 2.24) is 10.2 Å². The first-order chi connectivity index (χ1) is 11.9. The van der Waals surface area contributed by atoms with Gasteiger partial charge in [0.05, 0.1) is 6.54 Å². The second-order valence-corrected chi connectivity index (χ2v) is 7.17. The van der Waals surface area contributed by atoms with Crippen LogP contribution in [0.1, 0.15) is 23.1 Å². The van der Waals surface area contributed by atoms with E-state index >= 15 is 0 Å². The molecule has 1 aromatic carbocycles. The van der Waals surface area contributed by atoms with Gasteiger partial charge in [0.25, 0.3) is 5.91 Å². The number of amides is 3. The summed E-state index contributed by atoms with van der Waals surface area (Å²) in [4.78, 5) is 37.8. The molecule has 3 amide bonds. The summed E-state index contributed by atoms with van der Waals surface area (Å²) in [7, 11) is 0. The lowest BCUT2D eigenvalue weighted by Crippen LogP contribution is -2.31. The average molecular weight is 360 g/mol. The summed E-state index contributed by atoms with van der Waals surface area (Å²) in [5.41, 5.74) is 2.53. The topological polar surface area (TPSA) is 79.6 Å². The summed E-state index contributed by atoms with van der Waals surface area (Å²) in [5, 5.41) is 3.46. The maximum Gasteiger partial charge on any atom is 0.336 e. The summed E-state index contributed by atoms with van der Waals surface area (Å²) in [6.07, 6.45) is 2.55. The number of hydrogen-bond acceptors (Lipinski definition) is 5. The summed E-state index contributed by atoms with van der Waals surface area (Å²) in [5.74, 6) is 0.546. The predicted octanol–water partition coefficient (Wildman–Crippen LogP) is 2.58. The van der Waals surface area contributed by atoms with E-state index in [0.717, 1.165) is 22.3 Å². The quantitative estimate of drug-likeness (QED) is 0.655. The Kier molecular flexibility index (Phi) is 4.85. The summed E-state index contributed by atoms with van der Waals surface area (Å²) in [6.45, 7) is 3.89. The zero-order valence-electron chi connectivity index (χ0n) is 14.4. The number of imide groups is 1. The molecule has 1 aliphatic heterocycles. The average Bonchev–Trinajstić information content (AvgIpc) is 2.84. The molecule has 0 bridgehead atoms. The van der Waals surface area contributed by atoms with Gasteiger partial charge in [0.2, 0.25) is 0 Å². The third kappa shape index (κ3) is 3.28. The summed E-state index contributed by atoms with van der Waals surface area (Å²) >= 11 is 1.63. The predicted molar refractivity (Wildman–Crippen MR) is 97.8 cm³/mol. The largest absolute Gasteiger partial charge is 0.422 e. The van der Waals surface area contributed by atoms with E-state index in [0.29, 0.717) is 17.6 Å². The number of urea groups is 1. The van der Waals surface area contributed by atoms with Gasteiger partial charge in [-0.05, 0) is 49.0 Å². The number of rotatable bonds is 5. The van der Waals surface area contributed by atoms with Gasteiger partial charge in [-0.25, -0.2) is 9.59 Å². The normalized spacial score (nSPS) is 17.4. The van der Waals surface area contributed by atoms with Crippen molar-refractivity contribution in [3.8, 4) is 0 Å². The minimum Gasteiger partial charge on any atom is -0.422 e. The van der Waals surface area contributed by atoms with E-state index in [9.17, 15) is 14.4 Å². The smallest absolute Gasteiger partial charge is 0.336 e. The number of carbonyl (C=O) groups excluding carboxylic acids is 2. The molecule has 1 atom stereocenters. The molecule has 132 valence electrons. The van der Waals surface area contributed by atoms with Gasteiger partial charge < -0.3 is 9.73 Å². The molecule has 6 nitrogen and oxygen atoms in total. The molecule has 25 heavy (non-hydrogen) atoms. The minimum absolute atomic E-state index is 0.0606. The molecule has 0 unspecified atom stereocenters. The van der Waals surface area contributed by atoms with Crippen molar-refractivity contribution in [2.75, 3.05) is 12.0 Å². The molecule has 0 radical (unpaired) electrons. The van der Waals surface area contributed by atoms with Crippen LogP contribution in [-0.4, -0.2) is 34.9 Å². The summed E-state index contributed by atoms with van der Waals surface area (Å²) in [6, 6.07) is 4.25. The van der Waals surface area contributed by atoms with E-state index in [1.807, 2.05) is 32.2 Å². The van der Waals surface area contributed by atoms with Gasteiger partial charge in [0.15, 0.2) is 0 Å². The molecular weight excluding hydrogens is 340 g/mol. The number of nitrogens with one attached hydrogen (secondary N) is 1. The number of nitrogens with zero attached hydrogens (tertiary/aromatic N) is 1. The Morgan fingerprint density at radius 1 is 1.24 bits per heavy atom. The monoisotopic (exact) mass is 360 g/mol. The van der Waals surface area contributed by atoms with Crippen LogP contribution < -0.4 is 10.9 Å². The molecule has 1 saturated heterocycles. The first kappa shape index (κ1) is 17.5. The van der Waals surface area contributed by atoms with Crippen LogP contribution in [-0.2, 0) is 11.3 Å². The van der Waals surface area contributed by atoms with Gasteiger partial charge >= 0.3 is 11.7 Å². The summed E-state index contributed by atoms with van der Waals surface area (Å²) < 4.78 is 5.34. The van der Waals surface area contributed by atoms with Gasteiger partial charge in [0, 0.05) is 11.5 Å². The van der Waals surface area contributed by atoms with E-state index in [1.54, 1.807) is 11.8 Å². The van der Waals surface area contributed by atoms with Crippen LogP contribution in [0.3, 0.4) is 0 Å². The molecule has 2 heterocycles. The molecule has 7 heteroatoms. The molecule has 0 aliphatic carbocycles. The van der Waals surface area contributed by atoms with Gasteiger partial charge in [-0.3, -0.25) is 9.69 Å². The van der Waals surface area contributed by atoms with Crippen molar-refractivity contribution in [3.05, 3.63) is 45.3 Å². The second kappa shape index (κ2) is 6.92. The molecule has 0 spiro atoms. The number of benzene rings is 1. The van der Waals surface area contributed by atoms with Gasteiger partial charge in [-0.1, -0.05) is 12.1 Å². The Hall–Kier alpha value is -2.28. The molecule has 2 aromatic rings. The van der Waals surface area contributed by atoms with E-state index in [4.69, 9.17) is 4.42 Å². The van der Waals surface area contributed by atoms with Gasteiger partial charge in [-0.2, -0.15) is 11.8 Å². The lowest BCUT2D eigenvalue weighted by atomic mass is 10.0. The SMILES string of the molecule is CSCC[C@@H]1NC(=O)N(Cc2cc(=O)oc3c(C)c(C)ccc23)C1=O. The zero-order valence-corrected chi connectivity index (χ0v) is 15.2. The lowest BCUT2D eigenvalue weighted by molar-refractivity contribution is -0.127. The highest BCUT2D eigenvalue weighted by Crippen LogP contribution is 2.25. The van der Waals surface area contributed by atoms with Crippen LogP contribution in [0.5, 0.6) is 0 Å². The fourth-order valence-corrected chi connectivity index (χ4v) is 3.46. The Morgan fingerprint density at radius 2 is 2.00 bits per heavy atom. The Labute approximate surface area is 149 Å². The number of carbonyl (C=O) groups is 2. The van der Waals surface area contributed by atoms with Gasteiger partial charge in [-0.15, -0.1) is 0 Å². The number of hydrogen-bond donors (Lipinski definition) is 1. The highest BCUT2D eigenvalue weighted by Gasteiger charge is 2.37. The maximum atomic E-state index is 12.5. The molecule has 0 saturated carbocycles. The molecule has 1 N–H and O–H groups in total. The Bertz CT molecular complexity index is 906. The highest BCUT2D eigenvalue weighted by molar-refractivity contribution is 7.98. The van der Waals surface area contributed by atoms with Crippen molar-refractivity contribution in [2.45, 2.75) is 32.9 Å². The number of thioether (sulfide) groups is 1. The van der Waals surface area contributed by atoms with Crippen LogP contribution in [0.2, 0.25) is 0 Å². The van der Waals surface area contributed by atoms with Gasteiger partial charge in [0.1, 0.15) is 11.6 Å². The molecule has 1 aromatic heterocycles. The van der Waals surface area contributed by atoms with Crippen molar-refractivity contribution in [3.63, 3.8) is 0 Å². The van der Waals surface area contributed by atoms with E-state index in [1.165, 1.54) is 11.0 Å². The number of aryl methyl sites for hydroxylation is 2. The van der Waals surface area contributed by atoms with E-state index in [-0.39, 0.29) is 12.5 Å². The fourth-order valence-electron chi connectivity index (χ4n) is 2.98. The van der Waals surface area contributed by atoms with Crippen LogP contribution in [0.25, 0.3) is 11.0 Å². The molecular formula is C18H20N2O4S. The standard InChI is InChI=1S/C18H20N2O4S/c1-10-4-5-13-12(8-15(21)24-16(13)11(10)2)9-20-17(22)14(6-7-25-3)19-18(20)23/h4-5,8,14H,6-7,9H2,1-3H3,(H,19,23)/t14-/m0/s1. The lowest BCUT2D eigenvalue weighted by Gasteiger charge is -2.15. The van der Waals surface area contributed by atoms with Crippen molar-refractivity contribution >= 4 is 34.7 Å².